The molecular weight excluding hydrogens is 348 g/mol. The van der Waals surface area contributed by atoms with Crippen molar-refractivity contribution in [2.24, 2.45) is 0 Å². The third-order valence-corrected chi connectivity index (χ3v) is 4.43. The summed E-state index contributed by atoms with van der Waals surface area (Å²) in [5.41, 5.74) is 6.31. The first-order chi connectivity index (χ1) is 11.1. The number of carbonyl (C=O) groups excluding carboxylic acids is 1. The van der Waals surface area contributed by atoms with Crippen LogP contribution in [-0.2, 0) is 0 Å². The number of ketones is 1. The molecule has 1 nitrogen and oxygen atoms in total. The summed E-state index contributed by atoms with van der Waals surface area (Å²) >= 11 is 3.46. The number of hydrogen-bond acceptors (Lipinski definition) is 1. The van der Waals surface area contributed by atoms with Gasteiger partial charge in [-0.2, -0.15) is 0 Å². The Morgan fingerprint density at radius 2 is 1.48 bits per heavy atom. The van der Waals surface area contributed by atoms with Crippen molar-refractivity contribution in [2.45, 2.75) is 13.8 Å². The molecule has 3 aromatic rings. The van der Waals surface area contributed by atoms with Gasteiger partial charge < -0.3 is 0 Å². The first kappa shape index (κ1) is 15.7. The van der Waals surface area contributed by atoms with E-state index in [2.05, 4.69) is 59.3 Å². The fraction of sp³-hybridized carbons (Fsp3) is 0.0952. The number of benzene rings is 3. The Morgan fingerprint density at radius 3 is 2.13 bits per heavy atom. The summed E-state index contributed by atoms with van der Waals surface area (Å²) in [4.78, 5) is 12.1. The van der Waals surface area contributed by atoms with Gasteiger partial charge in [0.15, 0.2) is 5.78 Å². The van der Waals surface area contributed by atoms with Gasteiger partial charge in [-0.1, -0.05) is 76.1 Å². The molecule has 0 atom stereocenters. The van der Waals surface area contributed by atoms with Gasteiger partial charge in [-0.15, -0.1) is 0 Å². The monoisotopic (exact) mass is 364 g/mol. The Bertz CT molecular complexity index is 863. The molecule has 3 aromatic carbocycles. The van der Waals surface area contributed by atoms with E-state index in [9.17, 15) is 4.79 Å². The molecule has 0 aliphatic heterocycles. The van der Waals surface area contributed by atoms with Gasteiger partial charge in [0, 0.05) is 10.0 Å². The van der Waals surface area contributed by atoms with Gasteiger partial charge in [0.05, 0.1) is 0 Å². The van der Waals surface area contributed by atoms with Crippen LogP contribution in [0.15, 0.2) is 71.2 Å². The van der Waals surface area contributed by atoms with E-state index in [1.165, 1.54) is 5.56 Å². The Hall–Kier alpha value is -2.19. The van der Waals surface area contributed by atoms with Crippen molar-refractivity contribution in [1.82, 2.24) is 0 Å². The zero-order valence-corrected chi connectivity index (χ0v) is 14.7. The molecule has 23 heavy (non-hydrogen) atoms. The van der Waals surface area contributed by atoms with E-state index in [0.717, 1.165) is 32.3 Å². The molecule has 0 N–H and O–H groups in total. The molecule has 3 rings (SSSR count). The van der Waals surface area contributed by atoms with Gasteiger partial charge >= 0.3 is 0 Å². The fourth-order valence-electron chi connectivity index (χ4n) is 2.75. The minimum atomic E-state index is 0.0695. The van der Waals surface area contributed by atoms with Crippen LogP contribution in [0.2, 0.25) is 0 Å². The summed E-state index contributed by atoms with van der Waals surface area (Å²) in [6.45, 7) is 3.69. The van der Waals surface area contributed by atoms with Crippen molar-refractivity contribution in [2.75, 3.05) is 0 Å². The fourth-order valence-corrected chi connectivity index (χ4v) is 3.11. The largest absolute Gasteiger partial charge is 0.294 e. The van der Waals surface area contributed by atoms with E-state index < -0.39 is 0 Å². The lowest BCUT2D eigenvalue weighted by atomic mass is 9.90. The topological polar surface area (TPSA) is 17.1 Å². The molecule has 0 aliphatic rings. The lowest BCUT2D eigenvalue weighted by Gasteiger charge is -2.13. The van der Waals surface area contributed by atoms with Gasteiger partial charge in [-0.3, -0.25) is 4.79 Å². The highest BCUT2D eigenvalue weighted by atomic mass is 79.9. The molecule has 0 saturated heterocycles. The lowest BCUT2D eigenvalue weighted by molar-refractivity contribution is 0.101. The van der Waals surface area contributed by atoms with Crippen molar-refractivity contribution >= 4 is 21.7 Å². The number of rotatable bonds is 3. The zero-order valence-electron chi connectivity index (χ0n) is 13.1. The number of halogens is 1. The Balaban J connectivity index is 2.23. The maximum absolute atomic E-state index is 12.1. The summed E-state index contributed by atoms with van der Waals surface area (Å²) < 4.78 is 0.916. The van der Waals surface area contributed by atoms with Gasteiger partial charge in [0.1, 0.15) is 0 Å². The van der Waals surface area contributed by atoms with Crippen molar-refractivity contribution < 1.29 is 4.79 Å². The van der Waals surface area contributed by atoms with Crippen molar-refractivity contribution in [3.05, 3.63) is 82.3 Å². The van der Waals surface area contributed by atoms with Gasteiger partial charge in [-0.05, 0) is 48.2 Å². The summed E-state index contributed by atoms with van der Waals surface area (Å²) in [6.07, 6.45) is 0. The third-order valence-electron chi connectivity index (χ3n) is 3.94. The molecule has 0 radical (unpaired) electrons. The van der Waals surface area contributed by atoms with Crippen molar-refractivity contribution in [3.63, 3.8) is 0 Å². The highest BCUT2D eigenvalue weighted by molar-refractivity contribution is 9.10. The molecule has 0 spiro atoms. The Labute approximate surface area is 145 Å². The predicted molar refractivity (Wildman–Crippen MR) is 99.8 cm³/mol. The van der Waals surface area contributed by atoms with Crippen LogP contribution in [0.5, 0.6) is 0 Å². The van der Waals surface area contributed by atoms with Crippen LogP contribution in [-0.4, -0.2) is 5.78 Å². The first-order valence-electron chi connectivity index (χ1n) is 7.53. The molecule has 0 bridgehead atoms. The van der Waals surface area contributed by atoms with Crippen LogP contribution in [0.1, 0.15) is 22.8 Å². The maximum Gasteiger partial charge on any atom is 0.160 e. The van der Waals surface area contributed by atoms with Gasteiger partial charge in [0.2, 0.25) is 0 Å². The molecule has 0 heterocycles. The predicted octanol–water partition coefficient (Wildman–Crippen LogP) is 6.29. The number of hydrogen-bond donors (Lipinski definition) is 0. The average Bonchev–Trinajstić information content (AvgIpc) is 2.55. The lowest BCUT2D eigenvalue weighted by Crippen LogP contribution is -1.97. The summed E-state index contributed by atoms with van der Waals surface area (Å²) in [7, 11) is 0. The zero-order chi connectivity index (χ0) is 16.4. The maximum atomic E-state index is 12.1. The summed E-state index contributed by atoms with van der Waals surface area (Å²) in [6, 6.07) is 22.6. The van der Waals surface area contributed by atoms with Gasteiger partial charge in [-0.25, -0.2) is 0 Å². The molecule has 0 unspecified atom stereocenters. The SMILES string of the molecule is CC(=O)c1cc(Br)ccc1-c1ccccc1-c1ccc(C)cc1. The molecular formula is C21H17BrO. The average molecular weight is 365 g/mol. The Morgan fingerprint density at radius 1 is 0.826 bits per heavy atom. The second-order valence-electron chi connectivity index (χ2n) is 5.66. The standard InChI is InChI=1S/C21H17BrO/c1-14-7-9-16(10-8-14)18-5-3-4-6-19(18)20-12-11-17(22)13-21(20)15(2)23/h3-13H,1-2H3. The molecule has 0 saturated carbocycles. The van der Waals surface area contributed by atoms with Crippen molar-refractivity contribution in [1.29, 1.82) is 0 Å². The second-order valence-corrected chi connectivity index (χ2v) is 6.57. The summed E-state index contributed by atoms with van der Waals surface area (Å²) in [5.74, 6) is 0.0695. The van der Waals surface area contributed by atoms with E-state index in [1.54, 1.807) is 6.92 Å². The first-order valence-corrected chi connectivity index (χ1v) is 8.32. The quantitative estimate of drug-likeness (QED) is 0.498. The smallest absolute Gasteiger partial charge is 0.160 e. The molecule has 2 heteroatoms. The highest BCUT2D eigenvalue weighted by Crippen LogP contribution is 2.35. The van der Waals surface area contributed by atoms with Crippen molar-refractivity contribution in [3.8, 4) is 22.3 Å². The minimum Gasteiger partial charge on any atom is -0.294 e. The minimum absolute atomic E-state index is 0.0695. The highest BCUT2D eigenvalue weighted by Gasteiger charge is 2.13. The van der Waals surface area contributed by atoms with E-state index in [-0.39, 0.29) is 5.78 Å². The summed E-state index contributed by atoms with van der Waals surface area (Å²) in [5, 5.41) is 0. The van der Waals surface area contributed by atoms with Crippen LogP contribution >= 0.6 is 15.9 Å². The molecule has 0 aromatic heterocycles. The van der Waals surface area contributed by atoms with Crippen LogP contribution in [0.25, 0.3) is 22.3 Å². The van der Waals surface area contributed by atoms with E-state index in [0.29, 0.717) is 0 Å². The molecule has 0 fully saturated rings. The Kier molecular flexibility index (Phi) is 4.44. The third kappa shape index (κ3) is 3.27. The van der Waals surface area contributed by atoms with Crippen LogP contribution < -0.4 is 0 Å². The number of aryl methyl sites for hydroxylation is 1. The molecule has 0 aliphatic carbocycles. The van der Waals surface area contributed by atoms with E-state index in [1.807, 2.05) is 30.3 Å². The normalized spacial score (nSPS) is 10.6. The van der Waals surface area contributed by atoms with E-state index in [4.69, 9.17) is 0 Å². The van der Waals surface area contributed by atoms with Gasteiger partial charge in [0.25, 0.3) is 0 Å². The second kappa shape index (κ2) is 6.51. The van der Waals surface area contributed by atoms with Crippen LogP contribution in [0.4, 0.5) is 0 Å². The van der Waals surface area contributed by atoms with Crippen LogP contribution in [0, 0.1) is 6.92 Å². The van der Waals surface area contributed by atoms with E-state index >= 15 is 0 Å². The molecule has 114 valence electrons. The number of Topliss-reactive ketones (excluding diaryl/α,β-unsaturated/α-hetero) is 1. The molecule has 0 amide bonds. The van der Waals surface area contributed by atoms with Crippen LogP contribution in [0.3, 0.4) is 0 Å². The number of carbonyl (C=O) groups is 1.